The molecule has 2 aromatic rings. The number of likely N-dealkylation sites (N-methyl/N-ethyl adjacent to an activating group) is 1. The van der Waals surface area contributed by atoms with Crippen molar-refractivity contribution in [2.45, 2.75) is 23.8 Å². The first-order valence-electron chi connectivity index (χ1n) is 9.76. The molecule has 0 radical (unpaired) electrons. The zero-order chi connectivity index (χ0) is 22.6. The van der Waals surface area contributed by atoms with Crippen LogP contribution in [0.1, 0.15) is 24.4 Å². The number of carbonyl (C=O) groups is 2. The summed E-state index contributed by atoms with van der Waals surface area (Å²) in [5.41, 5.74) is 0.107. The Bertz CT molecular complexity index is 1060. The molecule has 1 aliphatic rings. The molecular weight excluding hydrogens is 428 g/mol. The van der Waals surface area contributed by atoms with E-state index in [0.717, 1.165) is 12.1 Å². The fraction of sp³-hybridized carbons (Fsp3) is 0.333. The number of nitrogens with zero attached hydrogens (tertiary/aromatic N) is 1. The van der Waals surface area contributed by atoms with Crippen LogP contribution in [0.15, 0.2) is 53.4 Å². The van der Waals surface area contributed by atoms with Crippen molar-refractivity contribution in [1.29, 1.82) is 0 Å². The summed E-state index contributed by atoms with van der Waals surface area (Å²) in [7, 11) is -2.27. The van der Waals surface area contributed by atoms with Gasteiger partial charge in [-0.3, -0.25) is 9.59 Å². The standard InChI is InChI=1S/C21H23F2N3O4S/c1-24-21(28)19(15-7-8-17(22)18(23)13-15)25-20(27)14-9-11-26(12-10-14)31(29,30)16-5-3-2-4-6-16/h2-8,13-14,19H,9-12H2,1H3,(H,24,28)(H,25,27). The Kier molecular flexibility index (Phi) is 7.01. The number of nitrogens with one attached hydrogen (secondary N) is 2. The molecule has 1 aliphatic heterocycles. The van der Waals surface area contributed by atoms with E-state index in [9.17, 15) is 26.8 Å². The maximum Gasteiger partial charge on any atom is 0.246 e. The summed E-state index contributed by atoms with van der Waals surface area (Å²) >= 11 is 0. The molecule has 0 spiro atoms. The lowest BCUT2D eigenvalue weighted by Gasteiger charge is -2.31. The average Bonchev–Trinajstić information content (AvgIpc) is 2.79. The van der Waals surface area contributed by atoms with Gasteiger partial charge in [0.1, 0.15) is 6.04 Å². The number of hydrogen-bond acceptors (Lipinski definition) is 4. The SMILES string of the molecule is CNC(=O)C(NC(=O)C1CCN(S(=O)(=O)c2ccccc2)CC1)c1ccc(F)c(F)c1. The molecule has 7 nitrogen and oxygen atoms in total. The predicted octanol–water partition coefficient (Wildman–Crippen LogP) is 1.97. The van der Waals surface area contributed by atoms with Gasteiger partial charge in [0.2, 0.25) is 21.8 Å². The first-order chi connectivity index (χ1) is 14.7. The van der Waals surface area contributed by atoms with Crippen molar-refractivity contribution in [2.75, 3.05) is 20.1 Å². The number of rotatable bonds is 6. The molecular formula is C21H23F2N3O4S. The smallest absolute Gasteiger partial charge is 0.246 e. The third-order valence-corrected chi connectivity index (χ3v) is 7.19. The lowest BCUT2D eigenvalue weighted by Crippen LogP contribution is -2.46. The lowest BCUT2D eigenvalue weighted by molar-refractivity contribution is -0.131. The summed E-state index contributed by atoms with van der Waals surface area (Å²) in [5.74, 6) is -3.73. The fourth-order valence-corrected chi connectivity index (χ4v) is 4.99. The zero-order valence-electron chi connectivity index (χ0n) is 16.8. The highest BCUT2D eigenvalue weighted by molar-refractivity contribution is 7.89. The minimum atomic E-state index is -3.64. The molecule has 0 bridgehead atoms. The van der Waals surface area contributed by atoms with Crippen molar-refractivity contribution in [3.63, 3.8) is 0 Å². The van der Waals surface area contributed by atoms with Crippen molar-refractivity contribution >= 4 is 21.8 Å². The Morgan fingerprint density at radius 1 is 1.03 bits per heavy atom. The van der Waals surface area contributed by atoms with Crippen molar-refractivity contribution in [3.8, 4) is 0 Å². The monoisotopic (exact) mass is 451 g/mol. The Morgan fingerprint density at radius 3 is 2.26 bits per heavy atom. The van der Waals surface area contributed by atoms with Crippen molar-refractivity contribution in [1.82, 2.24) is 14.9 Å². The maximum atomic E-state index is 13.6. The van der Waals surface area contributed by atoms with Crippen LogP contribution < -0.4 is 10.6 Å². The van der Waals surface area contributed by atoms with Crippen molar-refractivity contribution in [3.05, 3.63) is 65.7 Å². The largest absolute Gasteiger partial charge is 0.357 e. The number of piperidine rings is 1. The lowest BCUT2D eigenvalue weighted by atomic mass is 9.96. The molecule has 2 aromatic carbocycles. The third-order valence-electron chi connectivity index (χ3n) is 5.28. The predicted molar refractivity (Wildman–Crippen MR) is 109 cm³/mol. The molecule has 0 aromatic heterocycles. The summed E-state index contributed by atoms with van der Waals surface area (Å²) in [4.78, 5) is 25.2. The quantitative estimate of drug-likeness (QED) is 0.702. The van der Waals surface area contributed by atoms with Crippen LogP contribution in [0, 0.1) is 17.6 Å². The van der Waals surface area contributed by atoms with Crippen molar-refractivity contribution < 1.29 is 26.8 Å². The van der Waals surface area contributed by atoms with Crippen LogP contribution in [0.2, 0.25) is 0 Å². The molecule has 0 saturated carbocycles. The Balaban J connectivity index is 1.67. The number of sulfonamides is 1. The number of hydrogen-bond donors (Lipinski definition) is 2. The van der Waals surface area contributed by atoms with Crippen LogP contribution in [-0.2, 0) is 19.6 Å². The van der Waals surface area contributed by atoms with Gasteiger partial charge >= 0.3 is 0 Å². The molecule has 2 N–H and O–H groups in total. The number of halogens is 2. The van der Waals surface area contributed by atoms with Gasteiger partial charge in [-0.1, -0.05) is 24.3 Å². The second-order valence-corrected chi connectivity index (χ2v) is 9.16. The second-order valence-electron chi connectivity index (χ2n) is 7.22. The van der Waals surface area contributed by atoms with Gasteiger partial charge in [0.05, 0.1) is 4.90 Å². The number of benzene rings is 2. The number of amides is 2. The highest BCUT2D eigenvalue weighted by Gasteiger charge is 2.33. The molecule has 1 saturated heterocycles. The van der Waals surface area contributed by atoms with Gasteiger partial charge in [-0.05, 0) is 42.7 Å². The molecule has 166 valence electrons. The minimum Gasteiger partial charge on any atom is -0.357 e. The molecule has 1 heterocycles. The maximum absolute atomic E-state index is 13.6. The van der Waals surface area contributed by atoms with Gasteiger partial charge in [-0.2, -0.15) is 4.31 Å². The van der Waals surface area contributed by atoms with Gasteiger partial charge in [0, 0.05) is 26.1 Å². The average molecular weight is 451 g/mol. The molecule has 10 heteroatoms. The summed E-state index contributed by atoms with van der Waals surface area (Å²) in [6.45, 7) is 0.316. The minimum absolute atomic E-state index is 0.107. The summed E-state index contributed by atoms with van der Waals surface area (Å²) in [6, 6.07) is 9.84. The van der Waals surface area contributed by atoms with E-state index in [1.165, 1.54) is 29.6 Å². The van der Waals surface area contributed by atoms with E-state index < -0.39 is 45.4 Å². The van der Waals surface area contributed by atoms with Gasteiger partial charge in [-0.15, -0.1) is 0 Å². The molecule has 3 rings (SSSR count). The van der Waals surface area contributed by atoms with E-state index in [2.05, 4.69) is 10.6 Å². The zero-order valence-corrected chi connectivity index (χ0v) is 17.7. The van der Waals surface area contributed by atoms with Gasteiger partial charge in [0.15, 0.2) is 11.6 Å². The van der Waals surface area contributed by atoms with Gasteiger partial charge in [-0.25, -0.2) is 17.2 Å². The molecule has 0 aliphatic carbocycles. The molecule has 31 heavy (non-hydrogen) atoms. The topological polar surface area (TPSA) is 95.6 Å². The third kappa shape index (κ3) is 5.08. The van der Waals surface area contributed by atoms with Gasteiger partial charge in [0.25, 0.3) is 0 Å². The van der Waals surface area contributed by atoms with Gasteiger partial charge < -0.3 is 10.6 Å². The highest BCUT2D eigenvalue weighted by Crippen LogP contribution is 2.25. The van der Waals surface area contributed by atoms with E-state index in [1.807, 2.05) is 0 Å². The van der Waals surface area contributed by atoms with E-state index in [0.29, 0.717) is 0 Å². The summed E-state index contributed by atoms with van der Waals surface area (Å²) < 4.78 is 53.6. The Hall–Kier alpha value is -2.85. The van der Waals surface area contributed by atoms with E-state index >= 15 is 0 Å². The van der Waals surface area contributed by atoms with Crippen LogP contribution in [0.4, 0.5) is 8.78 Å². The van der Waals surface area contributed by atoms with Crippen molar-refractivity contribution in [2.24, 2.45) is 5.92 Å². The summed E-state index contributed by atoms with van der Waals surface area (Å²) in [5, 5.41) is 4.97. The highest BCUT2D eigenvalue weighted by atomic mass is 32.2. The van der Waals surface area contributed by atoms with Crippen LogP contribution in [-0.4, -0.2) is 44.7 Å². The van der Waals surface area contributed by atoms with Crippen LogP contribution in [0.5, 0.6) is 0 Å². The van der Waals surface area contributed by atoms with E-state index in [4.69, 9.17) is 0 Å². The first-order valence-corrected chi connectivity index (χ1v) is 11.2. The first kappa shape index (κ1) is 22.8. The van der Waals surface area contributed by atoms with Crippen LogP contribution in [0.3, 0.4) is 0 Å². The number of carbonyl (C=O) groups excluding carboxylic acids is 2. The van der Waals surface area contributed by atoms with Crippen LogP contribution in [0.25, 0.3) is 0 Å². The van der Waals surface area contributed by atoms with E-state index in [1.54, 1.807) is 18.2 Å². The molecule has 1 atom stereocenters. The Labute approximate surface area is 179 Å². The molecule has 2 amide bonds. The fourth-order valence-electron chi connectivity index (χ4n) is 3.50. The molecule has 1 unspecified atom stereocenters. The summed E-state index contributed by atoms with van der Waals surface area (Å²) in [6.07, 6.45) is 0.548. The Morgan fingerprint density at radius 2 is 1.68 bits per heavy atom. The second kappa shape index (κ2) is 9.52. The normalized spacial score (nSPS) is 16.5. The van der Waals surface area contributed by atoms with Crippen LogP contribution >= 0.6 is 0 Å². The molecule has 1 fully saturated rings. The van der Waals surface area contributed by atoms with E-state index in [-0.39, 0.29) is 36.4 Å².